The fourth-order valence-electron chi connectivity index (χ4n) is 2.40. The van der Waals surface area contributed by atoms with Crippen molar-refractivity contribution in [3.05, 3.63) is 54.1 Å². The van der Waals surface area contributed by atoms with E-state index >= 15 is 0 Å². The van der Waals surface area contributed by atoms with Gasteiger partial charge in [-0.25, -0.2) is 4.99 Å². The van der Waals surface area contributed by atoms with Crippen molar-refractivity contribution < 1.29 is 9.53 Å². The average molecular weight is 496 g/mol. The van der Waals surface area contributed by atoms with E-state index in [-0.39, 0.29) is 36.0 Å². The summed E-state index contributed by atoms with van der Waals surface area (Å²) in [5.41, 5.74) is 8.60. The van der Waals surface area contributed by atoms with Crippen molar-refractivity contribution >= 4 is 47.2 Å². The Morgan fingerprint density at radius 2 is 1.61 bits per heavy atom. The van der Waals surface area contributed by atoms with Gasteiger partial charge >= 0.3 is 0 Å². The Balaban J connectivity index is 0.00000392. The number of nitrogens with two attached hydrogens (primary N) is 1. The summed E-state index contributed by atoms with van der Waals surface area (Å²) in [7, 11) is 0. The van der Waals surface area contributed by atoms with Crippen LogP contribution in [0.25, 0.3) is 0 Å². The van der Waals surface area contributed by atoms with Crippen LogP contribution < -0.4 is 21.1 Å². The summed E-state index contributed by atoms with van der Waals surface area (Å²) in [5, 5.41) is 5.92. The molecule has 0 aromatic heterocycles. The molecule has 2 rings (SSSR count). The number of benzene rings is 2. The van der Waals surface area contributed by atoms with Gasteiger partial charge in [0, 0.05) is 17.8 Å². The molecule has 6 nitrogen and oxygen atoms in total. The van der Waals surface area contributed by atoms with Gasteiger partial charge in [0.15, 0.2) is 5.96 Å². The van der Waals surface area contributed by atoms with Crippen LogP contribution in [0.4, 0.5) is 11.4 Å². The van der Waals surface area contributed by atoms with Crippen molar-refractivity contribution in [1.82, 2.24) is 0 Å². The third kappa shape index (κ3) is 8.60. The third-order valence-corrected chi connectivity index (χ3v) is 3.65. The lowest BCUT2D eigenvalue weighted by Crippen LogP contribution is -2.22. The molecule has 1 amide bonds. The van der Waals surface area contributed by atoms with Crippen LogP contribution in [0.2, 0.25) is 0 Å². The van der Waals surface area contributed by atoms with Crippen molar-refractivity contribution in [3.63, 3.8) is 0 Å². The van der Waals surface area contributed by atoms with Crippen molar-refractivity contribution in [2.24, 2.45) is 10.7 Å². The Morgan fingerprint density at radius 3 is 2.18 bits per heavy atom. The maximum absolute atomic E-state index is 11.6. The number of halogens is 1. The predicted molar refractivity (Wildman–Crippen MR) is 127 cm³/mol. The lowest BCUT2D eigenvalue weighted by atomic mass is 10.2. The highest BCUT2D eigenvalue weighted by atomic mass is 127. The number of anilines is 2. The van der Waals surface area contributed by atoms with Crippen molar-refractivity contribution in [2.45, 2.75) is 46.3 Å². The number of hydrogen-bond acceptors (Lipinski definition) is 3. The smallest absolute Gasteiger partial charge is 0.224 e. The van der Waals surface area contributed by atoms with Crippen LogP contribution in [0.5, 0.6) is 5.75 Å². The number of hydrogen-bond donors (Lipinski definition) is 3. The van der Waals surface area contributed by atoms with Crippen LogP contribution in [0.1, 0.15) is 39.2 Å². The Bertz CT molecular complexity index is 759. The highest BCUT2D eigenvalue weighted by Gasteiger charge is 2.02. The summed E-state index contributed by atoms with van der Waals surface area (Å²) in [5.74, 6) is 1.19. The lowest BCUT2D eigenvalue weighted by Gasteiger charge is -2.11. The highest BCUT2D eigenvalue weighted by molar-refractivity contribution is 14.0. The van der Waals surface area contributed by atoms with E-state index in [0.29, 0.717) is 18.9 Å². The van der Waals surface area contributed by atoms with Gasteiger partial charge in [-0.3, -0.25) is 4.79 Å². The summed E-state index contributed by atoms with van der Waals surface area (Å²) in [6, 6.07) is 15.2. The van der Waals surface area contributed by atoms with Gasteiger partial charge in [0.25, 0.3) is 0 Å². The Hall–Kier alpha value is -2.29. The summed E-state index contributed by atoms with van der Waals surface area (Å²) < 4.78 is 5.61. The minimum Gasteiger partial charge on any atom is -0.491 e. The maximum Gasteiger partial charge on any atom is 0.224 e. The van der Waals surface area contributed by atoms with Crippen LogP contribution in [0.15, 0.2) is 53.5 Å². The minimum absolute atomic E-state index is 0. The second-order valence-corrected chi connectivity index (χ2v) is 6.51. The standard InChI is InChI=1S/C21H28N4O2.HI/c1-4-5-20(26)24-17-8-6-16(7-9-17)14-23-21(22)25-18-10-12-19(13-11-18)27-15(2)3;/h6-13,15H,4-5,14H2,1-3H3,(H,24,26)(H3,22,23,25);1H. The third-order valence-electron chi connectivity index (χ3n) is 3.65. The number of aliphatic imine (C=N–C) groups is 1. The Morgan fingerprint density at radius 1 is 1.04 bits per heavy atom. The molecular formula is C21H29IN4O2. The topological polar surface area (TPSA) is 88.7 Å². The van der Waals surface area contributed by atoms with Crippen LogP contribution in [-0.2, 0) is 11.3 Å². The van der Waals surface area contributed by atoms with E-state index in [1.54, 1.807) is 0 Å². The highest BCUT2D eigenvalue weighted by Crippen LogP contribution is 2.17. The van der Waals surface area contributed by atoms with Crippen molar-refractivity contribution in [1.29, 1.82) is 0 Å². The molecule has 2 aromatic carbocycles. The van der Waals surface area contributed by atoms with Gasteiger partial charge in [-0.05, 0) is 62.2 Å². The van der Waals surface area contributed by atoms with E-state index < -0.39 is 0 Å². The summed E-state index contributed by atoms with van der Waals surface area (Å²) in [6.45, 7) is 6.41. The van der Waals surface area contributed by atoms with Crippen molar-refractivity contribution in [2.75, 3.05) is 10.6 Å². The number of guanidine groups is 1. The molecule has 0 atom stereocenters. The van der Waals surface area contributed by atoms with Gasteiger partial charge < -0.3 is 21.1 Å². The molecule has 0 bridgehead atoms. The van der Waals surface area contributed by atoms with E-state index in [0.717, 1.165) is 29.1 Å². The van der Waals surface area contributed by atoms with E-state index in [2.05, 4.69) is 15.6 Å². The lowest BCUT2D eigenvalue weighted by molar-refractivity contribution is -0.116. The normalized spacial score (nSPS) is 10.9. The fraction of sp³-hybridized carbons (Fsp3) is 0.333. The SMILES string of the molecule is CCCC(=O)Nc1ccc(CN=C(N)Nc2ccc(OC(C)C)cc2)cc1.I. The summed E-state index contributed by atoms with van der Waals surface area (Å²) in [4.78, 5) is 15.9. The molecule has 0 unspecified atom stereocenters. The van der Waals surface area contributed by atoms with Gasteiger partial charge in [0.05, 0.1) is 12.6 Å². The fourth-order valence-corrected chi connectivity index (χ4v) is 2.40. The van der Waals surface area contributed by atoms with Gasteiger partial charge in [-0.1, -0.05) is 19.1 Å². The van der Waals surface area contributed by atoms with Crippen LogP contribution in [-0.4, -0.2) is 18.0 Å². The number of ether oxygens (including phenoxy) is 1. The molecule has 0 saturated heterocycles. The molecule has 0 spiro atoms. The molecule has 7 heteroatoms. The number of rotatable bonds is 8. The first-order valence-corrected chi connectivity index (χ1v) is 9.18. The number of amides is 1. The summed E-state index contributed by atoms with van der Waals surface area (Å²) in [6.07, 6.45) is 1.50. The second-order valence-electron chi connectivity index (χ2n) is 6.51. The minimum atomic E-state index is 0. The maximum atomic E-state index is 11.6. The van der Waals surface area contributed by atoms with Crippen LogP contribution in [0.3, 0.4) is 0 Å². The largest absolute Gasteiger partial charge is 0.491 e. The Kier molecular flexibility index (Phi) is 10.4. The number of nitrogens with zero attached hydrogens (tertiary/aromatic N) is 1. The van der Waals surface area contributed by atoms with Crippen LogP contribution >= 0.6 is 24.0 Å². The first kappa shape index (κ1) is 23.7. The van der Waals surface area contributed by atoms with E-state index in [9.17, 15) is 4.79 Å². The molecule has 0 radical (unpaired) electrons. The molecule has 0 aliphatic rings. The first-order chi connectivity index (χ1) is 13.0. The molecule has 4 N–H and O–H groups in total. The first-order valence-electron chi connectivity index (χ1n) is 9.18. The van der Waals surface area contributed by atoms with E-state index in [1.165, 1.54) is 0 Å². The number of carbonyl (C=O) groups is 1. The van der Waals surface area contributed by atoms with Crippen molar-refractivity contribution in [3.8, 4) is 5.75 Å². The molecular weight excluding hydrogens is 467 g/mol. The van der Waals surface area contributed by atoms with Gasteiger partial charge in [0.2, 0.25) is 5.91 Å². The Labute approximate surface area is 184 Å². The number of nitrogens with one attached hydrogen (secondary N) is 2. The van der Waals surface area contributed by atoms with E-state index in [1.807, 2.05) is 69.3 Å². The van der Waals surface area contributed by atoms with Gasteiger partial charge in [0.1, 0.15) is 5.75 Å². The van der Waals surface area contributed by atoms with Gasteiger partial charge in [-0.15, -0.1) is 24.0 Å². The molecule has 0 heterocycles. The zero-order chi connectivity index (χ0) is 19.6. The second kappa shape index (κ2) is 12.2. The quantitative estimate of drug-likeness (QED) is 0.280. The molecule has 0 aliphatic heterocycles. The van der Waals surface area contributed by atoms with Gasteiger partial charge in [-0.2, -0.15) is 0 Å². The molecule has 152 valence electrons. The molecule has 28 heavy (non-hydrogen) atoms. The average Bonchev–Trinajstić information content (AvgIpc) is 2.62. The zero-order valence-corrected chi connectivity index (χ0v) is 18.9. The predicted octanol–water partition coefficient (Wildman–Crippen LogP) is 4.76. The molecule has 2 aromatic rings. The monoisotopic (exact) mass is 496 g/mol. The molecule has 0 fully saturated rings. The zero-order valence-electron chi connectivity index (χ0n) is 16.6. The number of carbonyl (C=O) groups excluding carboxylic acids is 1. The summed E-state index contributed by atoms with van der Waals surface area (Å²) >= 11 is 0. The molecule has 0 saturated carbocycles. The van der Waals surface area contributed by atoms with E-state index in [4.69, 9.17) is 10.5 Å². The van der Waals surface area contributed by atoms with Crippen LogP contribution in [0, 0.1) is 0 Å². The molecule has 0 aliphatic carbocycles.